The number of ether oxygens (including phenoxy) is 1. The van der Waals surface area contributed by atoms with Crippen molar-refractivity contribution in [2.75, 3.05) is 31.3 Å². The first-order valence-electron chi connectivity index (χ1n) is 6.04. The van der Waals surface area contributed by atoms with Gasteiger partial charge in [0.2, 0.25) is 0 Å². The smallest absolute Gasteiger partial charge is 0.150 e. The Kier molecular flexibility index (Phi) is 5.55. The van der Waals surface area contributed by atoms with Crippen molar-refractivity contribution in [1.82, 2.24) is 5.32 Å². The minimum absolute atomic E-state index is 0.00882. The Bertz CT molecular complexity index is 352. The minimum atomic E-state index is -3.06. The van der Waals surface area contributed by atoms with Crippen LogP contribution in [-0.4, -0.2) is 51.5 Å². The zero-order valence-corrected chi connectivity index (χ0v) is 11.3. The van der Waals surface area contributed by atoms with Gasteiger partial charge in [-0.05, 0) is 6.54 Å². The van der Waals surface area contributed by atoms with Gasteiger partial charge in [0.05, 0.1) is 24.9 Å². The van der Waals surface area contributed by atoms with Crippen LogP contribution in [0.3, 0.4) is 0 Å². The number of hydrogen-bond donors (Lipinski definition) is 1. The normalized spacial score (nSPS) is 25.1. The third kappa shape index (κ3) is 4.37. The van der Waals surface area contributed by atoms with Gasteiger partial charge >= 0.3 is 0 Å². The summed E-state index contributed by atoms with van der Waals surface area (Å²) in [5.74, 6) is -0.150. The fraction of sp³-hybridized carbons (Fsp3) is 0.909. The largest absolute Gasteiger partial charge is 0.379 e. The summed E-state index contributed by atoms with van der Waals surface area (Å²) in [7, 11) is -3.06. The van der Waals surface area contributed by atoms with Gasteiger partial charge in [-0.15, -0.1) is 0 Å². The van der Waals surface area contributed by atoms with Crippen LogP contribution in [0.1, 0.15) is 20.3 Å². The van der Waals surface area contributed by atoms with Crippen molar-refractivity contribution < 1.29 is 17.9 Å². The van der Waals surface area contributed by atoms with Gasteiger partial charge in [-0.3, -0.25) is 4.79 Å². The molecule has 6 heteroatoms. The van der Waals surface area contributed by atoms with Crippen LogP contribution in [-0.2, 0) is 19.4 Å². The van der Waals surface area contributed by atoms with E-state index < -0.39 is 9.84 Å². The number of likely N-dealkylation sites (N-methyl/N-ethyl adjacent to an activating group) is 1. The molecule has 0 radical (unpaired) electrons. The third-order valence-electron chi connectivity index (χ3n) is 3.06. The van der Waals surface area contributed by atoms with Gasteiger partial charge in [-0.1, -0.05) is 13.8 Å². The molecule has 17 heavy (non-hydrogen) atoms. The standard InChI is InChI=1S/C11H21NO4S/c1-3-12-10-8-16-7-9(10)11(13)5-6-17(14,15)4-2/h9-10,12H,3-8H2,1-2H3. The zero-order chi connectivity index (χ0) is 12.9. The minimum Gasteiger partial charge on any atom is -0.379 e. The maximum absolute atomic E-state index is 11.9. The zero-order valence-electron chi connectivity index (χ0n) is 10.4. The summed E-state index contributed by atoms with van der Waals surface area (Å²) in [5.41, 5.74) is 0. The maximum Gasteiger partial charge on any atom is 0.150 e. The predicted molar refractivity (Wildman–Crippen MR) is 65.7 cm³/mol. The molecule has 0 amide bonds. The number of carbonyl (C=O) groups excluding carboxylic acids is 1. The van der Waals surface area contributed by atoms with Crippen LogP contribution < -0.4 is 5.32 Å². The quantitative estimate of drug-likeness (QED) is 0.700. The van der Waals surface area contributed by atoms with Crippen LogP contribution in [0.4, 0.5) is 0 Å². The van der Waals surface area contributed by atoms with Crippen LogP contribution in [0, 0.1) is 5.92 Å². The molecule has 1 rings (SSSR count). The molecule has 0 bridgehead atoms. The first-order chi connectivity index (χ1) is 8.00. The average molecular weight is 263 g/mol. The summed E-state index contributed by atoms with van der Waals surface area (Å²) in [5, 5.41) is 3.19. The lowest BCUT2D eigenvalue weighted by Gasteiger charge is -2.16. The van der Waals surface area contributed by atoms with Crippen molar-refractivity contribution in [3.8, 4) is 0 Å². The molecule has 0 aromatic rings. The van der Waals surface area contributed by atoms with Crippen molar-refractivity contribution in [2.24, 2.45) is 5.92 Å². The van der Waals surface area contributed by atoms with Crippen molar-refractivity contribution >= 4 is 15.6 Å². The molecule has 0 aromatic carbocycles. The lowest BCUT2D eigenvalue weighted by molar-refractivity contribution is -0.122. The molecule has 5 nitrogen and oxygen atoms in total. The van der Waals surface area contributed by atoms with Crippen molar-refractivity contribution in [3.05, 3.63) is 0 Å². The first-order valence-corrected chi connectivity index (χ1v) is 7.86. The Balaban J connectivity index is 2.47. The van der Waals surface area contributed by atoms with Gasteiger partial charge in [0.15, 0.2) is 0 Å². The van der Waals surface area contributed by atoms with E-state index in [1.54, 1.807) is 6.92 Å². The fourth-order valence-electron chi connectivity index (χ4n) is 1.92. The monoisotopic (exact) mass is 263 g/mol. The maximum atomic E-state index is 11.9. The van der Waals surface area contributed by atoms with Crippen LogP contribution in [0.15, 0.2) is 0 Å². The second kappa shape index (κ2) is 6.47. The lowest BCUT2D eigenvalue weighted by Crippen LogP contribution is -2.39. The van der Waals surface area contributed by atoms with E-state index in [-0.39, 0.29) is 35.7 Å². The van der Waals surface area contributed by atoms with Crippen molar-refractivity contribution in [3.63, 3.8) is 0 Å². The molecule has 1 aliphatic rings. The second-order valence-corrected chi connectivity index (χ2v) is 6.73. The number of sulfone groups is 1. The van der Waals surface area contributed by atoms with Gasteiger partial charge in [0.25, 0.3) is 0 Å². The highest BCUT2D eigenvalue weighted by Crippen LogP contribution is 2.16. The molecule has 0 aliphatic carbocycles. The molecule has 2 unspecified atom stereocenters. The molecule has 1 N–H and O–H groups in total. The Morgan fingerprint density at radius 3 is 2.65 bits per heavy atom. The molecular formula is C11H21NO4S. The van der Waals surface area contributed by atoms with E-state index in [9.17, 15) is 13.2 Å². The number of rotatable bonds is 7. The molecule has 0 saturated carbocycles. The van der Waals surface area contributed by atoms with Crippen molar-refractivity contribution in [2.45, 2.75) is 26.3 Å². The molecule has 0 aromatic heterocycles. The topological polar surface area (TPSA) is 72.5 Å². The van der Waals surface area contributed by atoms with Crippen molar-refractivity contribution in [1.29, 1.82) is 0 Å². The highest BCUT2D eigenvalue weighted by molar-refractivity contribution is 7.91. The highest BCUT2D eigenvalue weighted by atomic mass is 32.2. The summed E-state index contributed by atoms with van der Waals surface area (Å²) < 4.78 is 27.9. The van der Waals surface area contributed by atoms with Gasteiger partial charge in [-0.2, -0.15) is 0 Å². The predicted octanol–water partition coefficient (Wildman–Crippen LogP) is 0.00480. The van der Waals surface area contributed by atoms with E-state index in [4.69, 9.17) is 4.74 Å². The van der Waals surface area contributed by atoms with E-state index in [2.05, 4.69) is 5.32 Å². The summed E-state index contributed by atoms with van der Waals surface area (Å²) >= 11 is 0. The van der Waals surface area contributed by atoms with Gasteiger partial charge < -0.3 is 10.1 Å². The molecule has 0 spiro atoms. The molecule has 100 valence electrons. The second-order valence-electron chi connectivity index (χ2n) is 4.26. The van der Waals surface area contributed by atoms with Gasteiger partial charge in [-0.25, -0.2) is 8.42 Å². The number of Topliss-reactive ketones (excluding diaryl/α,β-unsaturated/α-hetero) is 1. The molecule has 1 heterocycles. The average Bonchev–Trinajstić information content (AvgIpc) is 2.75. The first kappa shape index (κ1) is 14.6. The van der Waals surface area contributed by atoms with Crippen LogP contribution in [0.5, 0.6) is 0 Å². The lowest BCUT2D eigenvalue weighted by atomic mass is 9.97. The summed E-state index contributed by atoms with van der Waals surface area (Å²) in [6.07, 6.45) is 0.103. The summed E-state index contributed by atoms with van der Waals surface area (Å²) in [4.78, 5) is 11.9. The Morgan fingerprint density at radius 1 is 1.35 bits per heavy atom. The number of carbonyl (C=O) groups is 1. The number of nitrogens with one attached hydrogen (secondary N) is 1. The van der Waals surface area contributed by atoms with E-state index in [0.717, 1.165) is 6.54 Å². The van der Waals surface area contributed by atoms with Gasteiger partial charge in [0, 0.05) is 18.2 Å². The summed E-state index contributed by atoms with van der Waals surface area (Å²) in [6, 6.07) is 0.0387. The molecule has 1 aliphatic heterocycles. The fourth-order valence-corrected chi connectivity index (χ4v) is 2.72. The molecular weight excluding hydrogens is 242 g/mol. The number of ketones is 1. The number of hydrogen-bond acceptors (Lipinski definition) is 5. The third-order valence-corrected chi connectivity index (χ3v) is 4.77. The van der Waals surface area contributed by atoms with E-state index in [1.165, 1.54) is 0 Å². The van der Waals surface area contributed by atoms with E-state index >= 15 is 0 Å². The Morgan fingerprint density at radius 2 is 2.06 bits per heavy atom. The SMILES string of the molecule is CCNC1COCC1C(=O)CCS(=O)(=O)CC. The van der Waals surface area contributed by atoms with Crippen LogP contribution in [0.25, 0.3) is 0 Å². The van der Waals surface area contributed by atoms with E-state index in [0.29, 0.717) is 13.2 Å². The van der Waals surface area contributed by atoms with Crippen LogP contribution in [0.2, 0.25) is 0 Å². The Labute approximate surface area is 103 Å². The molecule has 2 atom stereocenters. The van der Waals surface area contributed by atoms with Crippen LogP contribution >= 0.6 is 0 Å². The summed E-state index contributed by atoms with van der Waals surface area (Å²) in [6.45, 7) is 5.29. The van der Waals surface area contributed by atoms with Gasteiger partial charge in [0.1, 0.15) is 15.6 Å². The van der Waals surface area contributed by atoms with E-state index in [1.807, 2.05) is 6.92 Å². The molecule has 1 fully saturated rings. The highest BCUT2D eigenvalue weighted by Gasteiger charge is 2.33. The Hall–Kier alpha value is -0.460. The molecule has 1 saturated heterocycles.